The second kappa shape index (κ2) is 5.60. The van der Waals surface area contributed by atoms with Gasteiger partial charge in [0.15, 0.2) is 0 Å². The van der Waals surface area contributed by atoms with Crippen molar-refractivity contribution >= 4 is 29.1 Å². The summed E-state index contributed by atoms with van der Waals surface area (Å²) in [5.74, 6) is -0.101. The van der Waals surface area contributed by atoms with Gasteiger partial charge in [-0.3, -0.25) is 9.59 Å². The summed E-state index contributed by atoms with van der Waals surface area (Å²) in [6.45, 7) is 7.27. The minimum atomic E-state index is -0.694. The Hall–Kier alpha value is -1.68. The van der Waals surface area contributed by atoms with E-state index >= 15 is 0 Å². The third kappa shape index (κ3) is 3.00. The molecule has 1 heterocycles. The molecule has 1 unspecified atom stereocenters. The van der Waals surface area contributed by atoms with Gasteiger partial charge < -0.3 is 5.32 Å². The number of alkyl halides is 1. The number of nitrogens with one attached hydrogen (secondary N) is 1. The van der Waals surface area contributed by atoms with E-state index in [1.165, 1.54) is 0 Å². The first-order valence-corrected chi connectivity index (χ1v) is 7.37. The maximum absolute atomic E-state index is 12.1. The first kappa shape index (κ1) is 15.7. The molecule has 112 valence electrons. The molecule has 0 bridgehead atoms. The fourth-order valence-electron chi connectivity index (χ4n) is 2.12. The van der Waals surface area contributed by atoms with Gasteiger partial charge in [-0.15, -0.1) is 11.6 Å². The number of nitrogens with zero attached hydrogens (tertiary/aromatic N) is 1. The molecule has 1 atom stereocenters. The van der Waals surface area contributed by atoms with Crippen molar-refractivity contribution in [2.75, 3.05) is 5.88 Å². The van der Waals surface area contributed by atoms with Crippen LogP contribution < -0.4 is 5.32 Å². The van der Waals surface area contributed by atoms with Gasteiger partial charge in [0.1, 0.15) is 0 Å². The predicted octanol–water partition coefficient (Wildman–Crippen LogP) is 2.76. The van der Waals surface area contributed by atoms with Crippen LogP contribution in [0.2, 0.25) is 0 Å². The van der Waals surface area contributed by atoms with E-state index in [4.69, 9.17) is 11.6 Å². The Morgan fingerprint density at radius 3 is 2.71 bits per heavy atom. The lowest BCUT2D eigenvalue weighted by Gasteiger charge is -2.28. The highest BCUT2D eigenvalue weighted by molar-refractivity contribution is 6.20. The Kier molecular flexibility index (Phi) is 4.19. The van der Waals surface area contributed by atoms with Gasteiger partial charge in [0, 0.05) is 23.1 Å². The molecular formula is C16H19ClN2O2. The van der Waals surface area contributed by atoms with Crippen molar-refractivity contribution in [3.05, 3.63) is 35.1 Å². The monoisotopic (exact) mass is 306 g/mol. The van der Waals surface area contributed by atoms with E-state index in [0.717, 1.165) is 16.8 Å². The normalized spacial score (nSPS) is 23.9. The highest BCUT2D eigenvalue weighted by Crippen LogP contribution is 2.30. The van der Waals surface area contributed by atoms with Crippen LogP contribution in [0.1, 0.15) is 27.7 Å². The number of rotatable bonds is 2. The number of halogens is 1. The SMILES string of the molecule is CC1=C(C)C2C=CC(=NC(=O)C(C)(C)CCl)C=C2NC1=O. The summed E-state index contributed by atoms with van der Waals surface area (Å²) in [5, 5.41) is 2.85. The van der Waals surface area contributed by atoms with Gasteiger partial charge in [-0.05, 0) is 39.8 Å². The summed E-state index contributed by atoms with van der Waals surface area (Å²) >= 11 is 5.78. The average Bonchev–Trinajstić information content (AvgIpc) is 2.44. The second-order valence-electron chi connectivity index (χ2n) is 6.06. The maximum atomic E-state index is 12.1. The standard InChI is InChI=1S/C16H19ClN2O2/c1-9-10(2)14(20)19-13-7-11(5-6-12(9)13)18-15(21)16(3,4)8-17/h5-7,12H,8H2,1-4H3,(H,19,20). The molecule has 0 aromatic carbocycles. The second-order valence-corrected chi connectivity index (χ2v) is 6.33. The Bertz CT molecular complexity index is 624. The topological polar surface area (TPSA) is 58.5 Å². The van der Waals surface area contributed by atoms with Crippen LogP contribution in [-0.4, -0.2) is 23.4 Å². The summed E-state index contributed by atoms with van der Waals surface area (Å²) in [5.41, 5.74) is 2.37. The van der Waals surface area contributed by atoms with E-state index in [1.807, 2.05) is 26.0 Å². The van der Waals surface area contributed by atoms with Crippen LogP contribution in [0.25, 0.3) is 0 Å². The Morgan fingerprint density at radius 2 is 2.10 bits per heavy atom. The molecule has 0 saturated heterocycles. The smallest absolute Gasteiger partial charge is 0.253 e. The molecule has 4 nitrogen and oxygen atoms in total. The Balaban J connectivity index is 2.31. The quantitative estimate of drug-likeness (QED) is 0.798. The van der Waals surface area contributed by atoms with E-state index < -0.39 is 5.41 Å². The van der Waals surface area contributed by atoms with Crippen molar-refractivity contribution in [1.29, 1.82) is 0 Å². The fraction of sp³-hybridized carbons (Fsp3) is 0.438. The molecule has 0 aromatic rings. The lowest BCUT2D eigenvalue weighted by molar-refractivity contribution is -0.124. The van der Waals surface area contributed by atoms with Gasteiger partial charge in [0.05, 0.1) is 11.1 Å². The van der Waals surface area contributed by atoms with Crippen molar-refractivity contribution in [2.45, 2.75) is 27.7 Å². The van der Waals surface area contributed by atoms with Crippen molar-refractivity contribution in [1.82, 2.24) is 5.32 Å². The molecule has 0 spiro atoms. The van der Waals surface area contributed by atoms with Gasteiger partial charge in [-0.2, -0.15) is 0 Å². The summed E-state index contributed by atoms with van der Waals surface area (Å²) in [6.07, 6.45) is 5.51. The van der Waals surface area contributed by atoms with Gasteiger partial charge in [-0.25, -0.2) is 4.99 Å². The van der Waals surface area contributed by atoms with Crippen molar-refractivity contribution in [3.8, 4) is 0 Å². The minimum Gasteiger partial charge on any atom is -0.325 e. The molecule has 2 amide bonds. The maximum Gasteiger partial charge on any atom is 0.253 e. The van der Waals surface area contributed by atoms with Gasteiger partial charge >= 0.3 is 0 Å². The average molecular weight is 307 g/mol. The third-order valence-electron chi connectivity index (χ3n) is 3.90. The molecule has 1 aliphatic heterocycles. The minimum absolute atomic E-state index is 0.0535. The van der Waals surface area contributed by atoms with Crippen LogP contribution in [0, 0.1) is 11.3 Å². The van der Waals surface area contributed by atoms with E-state index in [0.29, 0.717) is 5.71 Å². The lowest BCUT2D eigenvalue weighted by Crippen LogP contribution is -2.35. The molecule has 0 fully saturated rings. The summed E-state index contributed by atoms with van der Waals surface area (Å²) in [4.78, 5) is 28.0. The molecule has 0 saturated carbocycles. The predicted molar refractivity (Wildman–Crippen MR) is 84.2 cm³/mol. The van der Waals surface area contributed by atoms with E-state index in [2.05, 4.69) is 10.3 Å². The van der Waals surface area contributed by atoms with E-state index in [1.54, 1.807) is 19.9 Å². The van der Waals surface area contributed by atoms with Crippen molar-refractivity contribution in [2.24, 2.45) is 16.3 Å². The molecule has 21 heavy (non-hydrogen) atoms. The largest absolute Gasteiger partial charge is 0.325 e. The zero-order chi connectivity index (χ0) is 15.8. The molecule has 1 aliphatic carbocycles. The number of hydrogen-bond acceptors (Lipinski definition) is 2. The van der Waals surface area contributed by atoms with Gasteiger partial charge in [0.2, 0.25) is 0 Å². The van der Waals surface area contributed by atoms with E-state index in [9.17, 15) is 9.59 Å². The summed E-state index contributed by atoms with van der Waals surface area (Å²) < 4.78 is 0. The molecule has 2 aliphatic rings. The number of amides is 2. The van der Waals surface area contributed by atoms with Crippen molar-refractivity contribution in [3.63, 3.8) is 0 Å². The number of hydrogen-bond donors (Lipinski definition) is 1. The zero-order valence-corrected chi connectivity index (χ0v) is 13.4. The molecule has 0 aromatic heterocycles. The van der Waals surface area contributed by atoms with Crippen LogP contribution in [0.3, 0.4) is 0 Å². The fourth-order valence-corrected chi connectivity index (χ4v) is 2.23. The number of fused-ring (bicyclic) bond motifs is 1. The lowest BCUT2D eigenvalue weighted by atomic mass is 9.85. The number of aliphatic imine (C=N–C) groups is 1. The molecular weight excluding hydrogens is 288 g/mol. The Labute approximate surface area is 129 Å². The third-order valence-corrected chi connectivity index (χ3v) is 4.57. The first-order chi connectivity index (χ1) is 9.76. The first-order valence-electron chi connectivity index (χ1n) is 6.84. The van der Waals surface area contributed by atoms with Crippen molar-refractivity contribution < 1.29 is 9.59 Å². The van der Waals surface area contributed by atoms with Gasteiger partial charge in [0.25, 0.3) is 11.8 Å². The summed E-state index contributed by atoms with van der Waals surface area (Å²) in [6, 6.07) is 0. The number of carbonyl (C=O) groups is 2. The van der Waals surface area contributed by atoms with Crippen LogP contribution >= 0.6 is 11.6 Å². The van der Waals surface area contributed by atoms with Crippen LogP contribution in [0.4, 0.5) is 0 Å². The van der Waals surface area contributed by atoms with Crippen LogP contribution in [0.15, 0.2) is 40.1 Å². The summed E-state index contributed by atoms with van der Waals surface area (Å²) in [7, 11) is 0. The molecule has 0 radical (unpaired) electrons. The highest BCUT2D eigenvalue weighted by Gasteiger charge is 2.29. The number of allylic oxidation sites excluding steroid dienone is 3. The van der Waals surface area contributed by atoms with Gasteiger partial charge in [-0.1, -0.05) is 11.6 Å². The zero-order valence-electron chi connectivity index (χ0n) is 12.7. The highest BCUT2D eigenvalue weighted by atomic mass is 35.5. The molecule has 2 rings (SSSR count). The molecule has 5 heteroatoms. The van der Waals surface area contributed by atoms with Crippen LogP contribution in [-0.2, 0) is 9.59 Å². The Morgan fingerprint density at radius 1 is 1.43 bits per heavy atom. The van der Waals surface area contributed by atoms with Crippen LogP contribution in [0.5, 0.6) is 0 Å². The molecule has 1 N–H and O–H groups in total. The number of carbonyl (C=O) groups excluding carboxylic acids is 2. The van der Waals surface area contributed by atoms with E-state index in [-0.39, 0.29) is 23.6 Å².